The van der Waals surface area contributed by atoms with Gasteiger partial charge >= 0.3 is 0 Å². The zero-order valence-electron chi connectivity index (χ0n) is 9.32. The minimum Gasteiger partial charge on any atom is -0.384 e. The highest BCUT2D eigenvalue weighted by Gasteiger charge is 2.28. The van der Waals surface area contributed by atoms with E-state index in [9.17, 15) is 0 Å². The van der Waals surface area contributed by atoms with Crippen molar-refractivity contribution in [3.05, 3.63) is 24.7 Å². The van der Waals surface area contributed by atoms with Gasteiger partial charge in [0.25, 0.3) is 0 Å². The number of rotatable bonds is 2. The molecule has 2 atom stereocenters. The lowest BCUT2D eigenvalue weighted by molar-refractivity contribution is 0.328. The topological polar surface area (TPSA) is 41.6 Å². The lowest BCUT2D eigenvalue weighted by atomic mass is 10.1. The van der Waals surface area contributed by atoms with E-state index < -0.39 is 0 Å². The summed E-state index contributed by atoms with van der Waals surface area (Å²) < 4.78 is 0. The van der Waals surface area contributed by atoms with E-state index in [1.54, 1.807) is 0 Å². The molecule has 0 aromatic carbocycles. The van der Waals surface area contributed by atoms with Crippen molar-refractivity contribution < 1.29 is 0 Å². The van der Waals surface area contributed by atoms with Gasteiger partial charge in [-0.25, -0.2) is 4.99 Å². The highest BCUT2D eigenvalue weighted by Crippen LogP contribution is 2.33. The molecule has 82 valence electrons. The number of hydrogen-bond donors (Lipinski definition) is 1. The first kappa shape index (κ1) is 10.3. The monoisotopic (exact) mass is 205 g/mol. The SMILES string of the molecule is C=C1N=C(N)C=CN1C1CCC(CC)C1. The third-order valence-electron chi connectivity index (χ3n) is 3.45. The molecule has 0 amide bonds. The molecule has 0 spiro atoms. The summed E-state index contributed by atoms with van der Waals surface area (Å²) in [6.45, 7) is 6.22. The van der Waals surface area contributed by atoms with Gasteiger partial charge in [-0.1, -0.05) is 19.9 Å². The smallest absolute Gasteiger partial charge is 0.127 e. The minimum atomic E-state index is 0.557. The quantitative estimate of drug-likeness (QED) is 0.751. The van der Waals surface area contributed by atoms with Crippen LogP contribution in [0.5, 0.6) is 0 Å². The first-order valence-electron chi connectivity index (χ1n) is 5.70. The van der Waals surface area contributed by atoms with E-state index in [-0.39, 0.29) is 0 Å². The molecule has 1 saturated carbocycles. The van der Waals surface area contributed by atoms with Crippen LogP contribution < -0.4 is 5.73 Å². The summed E-state index contributed by atoms with van der Waals surface area (Å²) in [5.74, 6) is 2.22. The van der Waals surface area contributed by atoms with Crippen LogP contribution in [0.15, 0.2) is 29.7 Å². The van der Waals surface area contributed by atoms with Crippen molar-refractivity contribution in [3.8, 4) is 0 Å². The molecule has 3 heteroatoms. The Balaban J connectivity index is 2.02. The van der Waals surface area contributed by atoms with Crippen molar-refractivity contribution in [1.82, 2.24) is 4.90 Å². The molecule has 2 aliphatic rings. The van der Waals surface area contributed by atoms with Crippen LogP contribution in [0.3, 0.4) is 0 Å². The van der Waals surface area contributed by atoms with E-state index in [1.165, 1.54) is 25.7 Å². The number of amidine groups is 1. The molecule has 0 bridgehead atoms. The molecule has 2 N–H and O–H groups in total. The first-order valence-corrected chi connectivity index (χ1v) is 5.70. The number of nitrogens with two attached hydrogens (primary N) is 1. The van der Waals surface area contributed by atoms with Crippen LogP contribution in [0.25, 0.3) is 0 Å². The number of nitrogens with zero attached hydrogens (tertiary/aromatic N) is 2. The van der Waals surface area contributed by atoms with Crippen molar-refractivity contribution in [2.45, 2.75) is 38.6 Å². The Hall–Kier alpha value is -1.25. The van der Waals surface area contributed by atoms with E-state index in [2.05, 4.69) is 23.4 Å². The first-order chi connectivity index (χ1) is 7.20. The van der Waals surface area contributed by atoms with Crippen LogP contribution in [0.1, 0.15) is 32.6 Å². The predicted octanol–water partition coefficient (Wildman–Crippen LogP) is 2.22. The predicted molar refractivity (Wildman–Crippen MR) is 63.2 cm³/mol. The standard InChI is InChI=1S/C12H19N3/c1-3-10-4-5-11(8-10)15-7-6-12(13)14-9(15)2/h6-7,10-11H,2-5,8H2,1H3,(H2,13,14). The fraction of sp³-hybridized carbons (Fsp3) is 0.583. The molecule has 1 aliphatic carbocycles. The Morgan fingerprint density at radius 2 is 2.40 bits per heavy atom. The van der Waals surface area contributed by atoms with E-state index >= 15 is 0 Å². The second-order valence-corrected chi connectivity index (χ2v) is 4.42. The zero-order chi connectivity index (χ0) is 10.8. The molecular weight excluding hydrogens is 186 g/mol. The lowest BCUT2D eigenvalue weighted by Crippen LogP contribution is -2.30. The fourth-order valence-corrected chi connectivity index (χ4v) is 2.49. The van der Waals surface area contributed by atoms with Gasteiger partial charge in [0.05, 0.1) is 0 Å². The third-order valence-corrected chi connectivity index (χ3v) is 3.45. The minimum absolute atomic E-state index is 0.557. The van der Waals surface area contributed by atoms with Crippen LogP contribution in [0.4, 0.5) is 0 Å². The Labute approximate surface area is 91.4 Å². The van der Waals surface area contributed by atoms with Gasteiger partial charge in [0, 0.05) is 12.2 Å². The second kappa shape index (κ2) is 4.09. The molecule has 1 fully saturated rings. The summed E-state index contributed by atoms with van der Waals surface area (Å²) in [6.07, 6.45) is 9.00. The molecular formula is C12H19N3. The summed E-state index contributed by atoms with van der Waals surface area (Å²) >= 11 is 0. The third kappa shape index (κ3) is 2.06. The maximum absolute atomic E-state index is 5.62. The van der Waals surface area contributed by atoms with Gasteiger partial charge in [0.2, 0.25) is 0 Å². The highest BCUT2D eigenvalue weighted by atomic mass is 15.2. The summed E-state index contributed by atoms with van der Waals surface area (Å²) in [4.78, 5) is 6.37. The molecule has 0 aromatic heterocycles. The van der Waals surface area contributed by atoms with Crippen LogP contribution in [0.2, 0.25) is 0 Å². The van der Waals surface area contributed by atoms with Crippen molar-refractivity contribution in [3.63, 3.8) is 0 Å². The van der Waals surface area contributed by atoms with Gasteiger partial charge in [-0.15, -0.1) is 0 Å². The maximum atomic E-state index is 5.62. The summed E-state index contributed by atoms with van der Waals surface area (Å²) in [6, 6.07) is 0.579. The summed E-state index contributed by atoms with van der Waals surface area (Å²) in [5.41, 5.74) is 5.62. The Bertz CT molecular complexity index is 317. The molecule has 0 saturated heterocycles. The summed E-state index contributed by atoms with van der Waals surface area (Å²) in [5, 5.41) is 0. The second-order valence-electron chi connectivity index (χ2n) is 4.42. The number of aliphatic imine (C=N–C) groups is 1. The van der Waals surface area contributed by atoms with E-state index in [0.29, 0.717) is 11.9 Å². The van der Waals surface area contributed by atoms with Crippen molar-refractivity contribution >= 4 is 5.84 Å². The van der Waals surface area contributed by atoms with Gasteiger partial charge < -0.3 is 10.6 Å². The van der Waals surface area contributed by atoms with Gasteiger partial charge in [0.15, 0.2) is 0 Å². The van der Waals surface area contributed by atoms with Crippen molar-refractivity contribution in [2.75, 3.05) is 0 Å². The zero-order valence-corrected chi connectivity index (χ0v) is 9.32. The Kier molecular flexibility index (Phi) is 2.80. The van der Waals surface area contributed by atoms with E-state index in [4.69, 9.17) is 5.73 Å². The van der Waals surface area contributed by atoms with Crippen molar-refractivity contribution in [2.24, 2.45) is 16.6 Å². The average Bonchev–Trinajstić information content (AvgIpc) is 2.66. The number of hydrogen-bond acceptors (Lipinski definition) is 3. The summed E-state index contributed by atoms with van der Waals surface area (Å²) in [7, 11) is 0. The normalized spacial score (nSPS) is 30.9. The van der Waals surface area contributed by atoms with E-state index in [0.717, 1.165) is 11.7 Å². The van der Waals surface area contributed by atoms with Gasteiger partial charge in [-0.3, -0.25) is 0 Å². The van der Waals surface area contributed by atoms with Gasteiger partial charge in [-0.2, -0.15) is 0 Å². The lowest BCUT2D eigenvalue weighted by Gasteiger charge is -2.29. The van der Waals surface area contributed by atoms with Crippen LogP contribution in [-0.4, -0.2) is 16.8 Å². The Morgan fingerprint density at radius 3 is 3.00 bits per heavy atom. The van der Waals surface area contributed by atoms with Crippen molar-refractivity contribution in [1.29, 1.82) is 0 Å². The maximum Gasteiger partial charge on any atom is 0.127 e. The fourth-order valence-electron chi connectivity index (χ4n) is 2.49. The molecule has 0 aromatic rings. The molecule has 2 unspecified atom stereocenters. The highest BCUT2D eigenvalue weighted by molar-refractivity contribution is 5.92. The van der Waals surface area contributed by atoms with Gasteiger partial charge in [0.1, 0.15) is 11.7 Å². The van der Waals surface area contributed by atoms with Crippen LogP contribution in [0, 0.1) is 5.92 Å². The molecule has 2 rings (SSSR count). The molecule has 15 heavy (non-hydrogen) atoms. The molecule has 0 radical (unpaired) electrons. The van der Waals surface area contributed by atoms with Crippen LogP contribution in [-0.2, 0) is 0 Å². The van der Waals surface area contributed by atoms with Gasteiger partial charge in [-0.05, 0) is 31.3 Å². The average molecular weight is 205 g/mol. The molecule has 1 heterocycles. The largest absolute Gasteiger partial charge is 0.384 e. The Morgan fingerprint density at radius 1 is 1.60 bits per heavy atom. The van der Waals surface area contributed by atoms with Crippen LogP contribution >= 0.6 is 0 Å². The molecule has 3 nitrogen and oxygen atoms in total. The molecule has 1 aliphatic heterocycles. The van der Waals surface area contributed by atoms with E-state index in [1.807, 2.05) is 12.3 Å².